The Balaban J connectivity index is 1.85. The molecule has 210 valence electrons. The average molecular weight is 540 g/mol. The molecule has 9 heteroatoms. The molecule has 0 saturated carbocycles. The van der Waals surface area contributed by atoms with Gasteiger partial charge in [0.05, 0.1) is 24.1 Å². The summed E-state index contributed by atoms with van der Waals surface area (Å²) in [4.78, 5) is 6.05. The van der Waals surface area contributed by atoms with Crippen LogP contribution >= 0.6 is 0 Å². The summed E-state index contributed by atoms with van der Waals surface area (Å²) in [5.74, 6) is 0.306. The van der Waals surface area contributed by atoms with Crippen LogP contribution in [0.1, 0.15) is 40.0 Å². The molecule has 1 aliphatic rings. The summed E-state index contributed by atoms with van der Waals surface area (Å²) in [5.41, 5.74) is 14.5. The van der Waals surface area contributed by atoms with E-state index in [1.165, 1.54) is 25.4 Å². The number of allylic oxidation sites excluding steroid dienone is 5. The van der Waals surface area contributed by atoms with Crippen molar-refractivity contribution in [2.24, 2.45) is 11.7 Å². The fourth-order valence-corrected chi connectivity index (χ4v) is 4.42. The van der Waals surface area contributed by atoms with Crippen LogP contribution in [0.3, 0.4) is 0 Å². The zero-order valence-corrected chi connectivity index (χ0v) is 23.2. The SMILES string of the molecule is COc1ccnc(N)c1-c1ccc(N(F)/C(C)=C/N(/C=C(\C)C/C=C\C(C)=C/N)CC2CCOCC2)cc1F. The van der Waals surface area contributed by atoms with Crippen molar-refractivity contribution >= 4 is 11.5 Å². The monoisotopic (exact) mass is 539 g/mol. The Morgan fingerprint density at radius 3 is 2.59 bits per heavy atom. The number of benzene rings is 1. The quantitative estimate of drug-likeness (QED) is 0.250. The van der Waals surface area contributed by atoms with Crippen molar-refractivity contribution in [2.75, 3.05) is 37.7 Å². The molecule has 1 aliphatic heterocycles. The smallest absolute Gasteiger partial charge is 0.135 e. The van der Waals surface area contributed by atoms with Gasteiger partial charge in [-0.25, -0.2) is 9.37 Å². The Kier molecular flexibility index (Phi) is 10.9. The van der Waals surface area contributed by atoms with Crippen LogP contribution in [0.2, 0.25) is 0 Å². The molecule has 4 N–H and O–H groups in total. The summed E-state index contributed by atoms with van der Waals surface area (Å²) < 4.78 is 41.5. The van der Waals surface area contributed by atoms with Gasteiger partial charge in [-0.05, 0) is 75.9 Å². The Hall–Kier alpha value is -3.85. The van der Waals surface area contributed by atoms with Crippen LogP contribution < -0.4 is 21.3 Å². The first-order chi connectivity index (χ1) is 18.7. The second-order valence-electron chi connectivity index (χ2n) is 9.73. The number of hydrogen-bond acceptors (Lipinski definition) is 7. The molecule has 0 atom stereocenters. The van der Waals surface area contributed by atoms with Gasteiger partial charge in [0.1, 0.15) is 17.4 Å². The maximum Gasteiger partial charge on any atom is 0.135 e. The van der Waals surface area contributed by atoms with Gasteiger partial charge in [-0.1, -0.05) is 22.2 Å². The lowest BCUT2D eigenvalue weighted by atomic mass is 10.00. The highest BCUT2D eigenvalue weighted by atomic mass is 19.2. The number of rotatable bonds is 11. The summed E-state index contributed by atoms with van der Waals surface area (Å²) in [6.07, 6.45) is 13.5. The van der Waals surface area contributed by atoms with E-state index in [0.29, 0.717) is 28.0 Å². The van der Waals surface area contributed by atoms with Crippen molar-refractivity contribution in [3.8, 4) is 16.9 Å². The van der Waals surface area contributed by atoms with Crippen LogP contribution in [-0.2, 0) is 4.74 Å². The second kappa shape index (κ2) is 14.3. The maximum absolute atomic E-state index is 15.5. The van der Waals surface area contributed by atoms with Gasteiger partial charge < -0.3 is 25.8 Å². The molecule has 39 heavy (non-hydrogen) atoms. The van der Waals surface area contributed by atoms with Crippen LogP contribution in [-0.4, -0.2) is 36.8 Å². The Morgan fingerprint density at radius 1 is 1.18 bits per heavy atom. The van der Waals surface area contributed by atoms with Gasteiger partial charge in [-0.15, -0.1) is 0 Å². The number of nitrogens with zero attached hydrogens (tertiary/aromatic N) is 3. The van der Waals surface area contributed by atoms with Crippen molar-refractivity contribution in [1.82, 2.24) is 9.88 Å². The molecular formula is C30H39F2N5O2. The zero-order valence-electron chi connectivity index (χ0n) is 23.2. The Bertz CT molecular complexity index is 1240. The van der Waals surface area contributed by atoms with Crippen LogP contribution in [0.4, 0.5) is 20.4 Å². The summed E-state index contributed by atoms with van der Waals surface area (Å²) >= 11 is 0. The molecule has 0 amide bonds. The first kappa shape index (κ1) is 29.7. The predicted octanol–water partition coefficient (Wildman–Crippen LogP) is 6.47. The van der Waals surface area contributed by atoms with Crippen molar-refractivity contribution in [1.29, 1.82) is 0 Å². The number of ether oxygens (including phenoxy) is 2. The molecule has 1 fully saturated rings. The van der Waals surface area contributed by atoms with E-state index in [-0.39, 0.29) is 17.1 Å². The molecule has 0 bridgehead atoms. The standard InChI is InChI=1S/C30H39F2N5O2/c1-21(17-33)6-5-7-22(2)18-36(20-24-11-14-39-15-12-24)19-23(3)37(32)25-8-9-26(27(31)16-25)29-28(38-4)10-13-35-30(29)34/h5-6,8-10,13,16-19,24H,7,11-12,14-15,20,33H2,1-4H3,(H2,34,35)/b6-5-,21-17-,22-18+,23-19+. The highest BCUT2D eigenvalue weighted by molar-refractivity contribution is 5.81. The summed E-state index contributed by atoms with van der Waals surface area (Å²) in [6, 6.07) is 5.72. The molecule has 7 nitrogen and oxygen atoms in total. The molecule has 1 aromatic heterocycles. The van der Waals surface area contributed by atoms with E-state index in [9.17, 15) is 0 Å². The minimum absolute atomic E-state index is 0.0603. The normalized spacial score (nSPS) is 15.6. The van der Waals surface area contributed by atoms with E-state index in [1.54, 1.807) is 25.4 Å². The molecule has 1 aromatic carbocycles. The number of pyridine rings is 1. The van der Waals surface area contributed by atoms with Crippen LogP contribution in [0.15, 0.2) is 78.1 Å². The zero-order chi connectivity index (χ0) is 28.4. The van der Waals surface area contributed by atoms with Gasteiger partial charge >= 0.3 is 0 Å². The first-order valence-corrected chi connectivity index (χ1v) is 13.0. The number of methoxy groups -OCH3 is 1. The summed E-state index contributed by atoms with van der Waals surface area (Å²) in [5, 5.41) is 0.478. The molecule has 2 aromatic rings. The lowest BCUT2D eigenvalue weighted by Gasteiger charge is -2.28. The van der Waals surface area contributed by atoms with Gasteiger partial charge in [0.15, 0.2) is 0 Å². The van der Waals surface area contributed by atoms with E-state index in [0.717, 1.165) is 56.2 Å². The van der Waals surface area contributed by atoms with Gasteiger partial charge in [-0.3, -0.25) is 0 Å². The van der Waals surface area contributed by atoms with Crippen molar-refractivity contribution < 1.29 is 18.3 Å². The fraction of sp³-hybridized carbons (Fsp3) is 0.367. The molecule has 3 rings (SSSR count). The topological polar surface area (TPSA) is 89.9 Å². The Labute approximate surface area is 230 Å². The van der Waals surface area contributed by atoms with Crippen molar-refractivity contribution in [2.45, 2.75) is 40.0 Å². The highest BCUT2D eigenvalue weighted by Gasteiger charge is 2.19. The average Bonchev–Trinajstić information content (AvgIpc) is 2.93. The van der Waals surface area contributed by atoms with Crippen LogP contribution in [0.25, 0.3) is 11.1 Å². The third-order valence-corrected chi connectivity index (χ3v) is 6.55. The van der Waals surface area contributed by atoms with Gasteiger partial charge in [0, 0.05) is 50.0 Å². The Morgan fingerprint density at radius 2 is 1.92 bits per heavy atom. The van der Waals surface area contributed by atoms with E-state index in [2.05, 4.69) is 4.98 Å². The third-order valence-electron chi connectivity index (χ3n) is 6.55. The number of halogens is 2. The van der Waals surface area contributed by atoms with Gasteiger partial charge in [0.25, 0.3) is 0 Å². The number of hydrogen-bond donors (Lipinski definition) is 2. The predicted molar refractivity (Wildman–Crippen MR) is 154 cm³/mol. The molecule has 0 aliphatic carbocycles. The summed E-state index contributed by atoms with van der Waals surface area (Å²) in [6.45, 7) is 7.81. The van der Waals surface area contributed by atoms with Gasteiger partial charge in [-0.2, -0.15) is 5.12 Å². The third kappa shape index (κ3) is 8.32. The highest BCUT2D eigenvalue weighted by Crippen LogP contribution is 2.37. The number of aromatic nitrogens is 1. The molecule has 2 heterocycles. The minimum atomic E-state index is -0.635. The van der Waals surface area contributed by atoms with Crippen LogP contribution in [0.5, 0.6) is 5.75 Å². The van der Waals surface area contributed by atoms with Gasteiger partial charge in [0.2, 0.25) is 0 Å². The van der Waals surface area contributed by atoms with Crippen LogP contribution in [0, 0.1) is 11.7 Å². The van der Waals surface area contributed by atoms with E-state index in [1.807, 2.05) is 37.1 Å². The second-order valence-corrected chi connectivity index (χ2v) is 9.73. The first-order valence-electron chi connectivity index (χ1n) is 13.0. The van der Waals surface area contributed by atoms with Crippen molar-refractivity contribution in [3.05, 3.63) is 83.9 Å². The van der Waals surface area contributed by atoms with E-state index >= 15 is 8.87 Å². The lowest BCUT2D eigenvalue weighted by Crippen LogP contribution is -2.27. The fourth-order valence-electron chi connectivity index (χ4n) is 4.42. The lowest BCUT2D eigenvalue weighted by molar-refractivity contribution is 0.0610. The molecule has 1 saturated heterocycles. The number of nitrogens with two attached hydrogens (primary N) is 2. The molecule has 0 unspecified atom stereocenters. The van der Waals surface area contributed by atoms with E-state index < -0.39 is 5.82 Å². The molecular weight excluding hydrogens is 500 g/mol. The summed E-state index contributed by atoms with van der Waals surface area (Å²) in [7, 11) is 1.47. The maximum atomic E-state index is 15.5. The number of nitrogen functional groups attached to an aromatic ring is 1. The minimum Gasteiger partial charge on any atom is -0.496 e. The van der Waals surface area contributed by atoms with Crippen molar-refractivity contribution in [3.63, 3.8) is 0 Å². The van der Waals surface area contributed by atoms with E-state index in [4.69, 9.17) is 20.9 Å². The number of anilines is 2. The molecule has 0 radical (unpaired) electrons. The largest absolute Gasteiger partial charge is 0.496 e. The molecule has 0 spiro atoms.